The van der Waals surface area contributed by atoms with E-state index in [-0.39, 0.29) is 0 Å². The molecule has 19 heavy (non-hydrogen) atoms. The molecule has 1 aliphatic rings. The summed E-state index contributed by atoms with van der Waals surface area (Å²) in [6.07, 6.45) is 0. The molecule has 3 nitrogen and oxygen atoms in total. The molecule has 0 saturated carbocycles. The molecule has 0 bridgehead atoms. The second-order valence-electron chi connectivity index (χ2n) is 5.83. The Labute approximate surface area is 117 Å². The van der Waals surface area contributed by atoms with Crippen LogP contribution in [0, 0.1) is 0 Å². The zero-order chi connectivity index (χ0) is 13.8. The van der Waals surface area contributed by atoms with Crippen LogP contribution >= 0.6 is 0 Å². The van der Waals surface area contributed by atoms with Crippen molar-refractivity contribution in [1.82, 2.24) is 4.90 Å². The largest absolute Gasteiger partial charge is 0.368 e. The molecular weight excluding hydrogens is 234 g/mol. The van der Waals surface area contributed by atoms with Crippen molar-refractivity contribution in [3.8, 4) is 0 Å². The van der Waals surface area contributed by atoms with E-state index in [0.717, 1.165) is 32.7 Å². The Kier molecular flexibility index (Phi) is 4.83. The van der Waals surface area contributed by atoms with E-state index in [9.17, 15) is 0 Å². The minimum absolute atomic E-state index is 0.577. The van der Waals surface area contributed by atoms with E-state index >= 15 is 0 Å². The Balaban J connectivity index is 2.12. The molecule has 1 saturated heterocycles. The molecule has 1 atom stereocenters. The Bertz CT molecular complexity index is 403. The summed E-state index contributed by atoms with van der Waals surface area (Å²) in [6, 6.07) is 9.40. The summed E-state index contributed by atoms with van der Waals surface area (Å²) < 4.78 is 0. The van der Waals surface area contributed by atoms with Crippen molar-refractivity contribution in [2.45, 2.75) is 32.7 Å². The summed E-state index contributed by atoms with van der Waals surface area (Å²) in [6.45, 7) is 11.9. The fourth-order valence-corrected chi connectivity index (χ4v) is 2.98. The maximum atomic E-state index is 5.68. The number of piperazine rings is 1. The van der Waals surface area contributed by atoms with Gasteiger partial charge in [0.25, 0.3) is 0 Å². The average Bonchev–Trinajstić information content (AvgIpc) is 2.41. The van der Waals surface area contributed by atoms with E-state index in [1.165, 1.54) is 11.3 Å². The van der Waals surface area contributed by atoms with E-state index < -0.39 is 0 Å². The SMILES string of the molecule is CC(C)c1ccccc1N1CCN(CCN)C(C)C1. The predicted octanol–water partition coefficient (Wildman–Crippen LogP) is 2.28. The summed E-state index contributed by atoms with van der Waals surface area (Å²) in [4.78, 5) is 5.03. The van der Waals surface area contributed by atoms with Crippen LogP contribution in [0.1, 0.15) is 32.3 Å². The molecule has 1 aliphatic heterocycles. The first-order valence-corrected chi connectivity index (χ1v) is 7.41. The van der Waals surface area contributed by atoms with Gasteiger partial charge in [0.2, 0.25) is 0 Å². The molecule has 0 spiro atoms. The molecule has 0 amide bonds. The molecule has 1 fully saturated rings. The number of rotatable bonds is 4. The average molecular weight is 261 g/mol. The summed E-state index contributed by atoms with van der Waals surface area (Å²) in [7, 11) is 0. The first-order chi connectivity index (χ1) is 9.13. The van der Waals surface area contributed by atoms with Crippen LogP contribution in [0.25, 0.3) is 0 Å². The lowest BCUT2D eigenvalue weighted by Gasteiger charge is -2.41. The fraction of sp³-hybridized carbons (Fsp3) is 0.625. The van der Waals surface area contributed by atoms with Gasteiger partial charge in [-0.25, -0.2) is 0 Å². The molecule has 1 aromatic rings. The van der Waals surface area contributed by atoms with Gasteiger partial charge in [-0.3, -0.25) is 4.90 Å². The van der Waals surface area contributed by atoms with Crippen molar-refractivity contribution >= 4 is 5.69 Å². The second kappa shape index (κ2) is 6.40. The first-order valence-electron chi connectivity index (χ1n) is 7.41. The summed E-state index contributed by atoms with van der Waals surface area (Å²) in [5.41, 5.74) is 8.55. The highest BCUT2D eigenvalue weighted by Crippen LogP contribution is 2.28. The van der Waals surface area contributed by atoms with Crippen molar-refractivity contribution < 1.29 is 0 Å². The van der Waals surface area contributed by atoms with Crippen LogP contribution in [0.2, 0.25) is 0 Å². The molecule has 3 heteroatoms. The van der Waals surface area contributed by atoms with Crippen molar-refractivity contribution in [2.24, 2.45) is 5.73 Å². The minimum Gasteiger partial charge on any atom is -0.368 e. The Morgan fingerprint density at radius 1 is 1.26 bits per heavy atom. The highest BCUT2D eigenvalue weighted by Gasteiger charge is 2.24. The Morgan fingerprint density at radius 3 is 2.63 bits per heavy atom. The quantitative estimate of drug-likeness (QED) is 0.902. The van der Waals surface area contributed by atoms with Crippen LogP contribution in [0.15, 0.2) is 24.3 Å². The molecule has 1 unspecified atom stereocenters. The van der Waals surface area contributed by atoms with Gasteiger partial charge in [-0.05, 0) is 24.5 Å². The van der Waals surface area contributed by atoms with Gasteiger partial charge in [-0.2, -0.15) is 0 Å². The Hall–Kier alpha value is -1.06. The van der Waals surface area contributed by atoms with Crippen LogP contribution in [0.3, 0.4) is 0 Å². The van der Waals surface area contributed by atoms with Gasteiger partial charge in [-0.1, -0.05) is 32.0 Å². The molecule has 1 heterocycles. The third-order valence-corrected chi connectivity index (χ3v) is 4.08. The molecule has 2 N–H and O–H groups in total. The lowest BCUT2D eigenvalue weighted by molar-refractivity contribution is 0.195. The standard InChI is InChI=1S/C16H27N3/c1-13(2)15-6-4-5-7-16(15)19-11-10-18(9-8-17)14(3)12-19/h4-7,13-14H,8-12,17H2,1-3H3. The number of nitrogens with zero attached hydrogens (tertiary/aromatic N) is 2. The number of para-hydroxylation sites is 1. The summed E-state index contributed by atoms with van der Waals surface area (Å²) in [5, 5.41) is 0. The number of hydrogen-bond acceptors (Lipinski definition) is 3. The van der Waals surface area contributed by atoms with E-state index in [1.54, 1.807) is 0 Å². The lowest BCUT2D eigenvalue weighted by Crippen LogP contribution is -2.53. The topological polar surface area (TPSA) is 32.5 Å². The van der Waals surface area contributed by atoms with Crippen molar-refractivity contribution in [2.75, 3.05) is 37.6 Å². The van der Waals surface area contributed by atoms with Crippen LogP contribution in [0.4, 0.5) is 5.69 Å². The van der Waals surface area contributed by atoms with Gasteiger partial charge in [-0.15, -0.1) is 0 Å². The van der Waals surface area contributed by atoms with Crippen molar-refractivity contribution in [3.63, 3.8) is 0 Å². The maximum absolute atomic E-state index is 5.68. The van der Waals surface area contributed by atoms with Crippen LogP contribution in [-0.4, -0.2) is 43.7 Å². The van der Waals surface area contributed by atoms with E-state index in [1.807, 2.05) is 0 Å². The molecule has 0 aliphatic carbocycles. The normalized spacial score (nSPS) is 21.1. The maximum Gasteiger partial charge on any atom is 0.0402 e. The highest BCUT2D eigenvalue weighted by atomic mass is 15.3. The first kappa shape index (κ1) is 14.4. The Morgan fingerprint density at radius 2 is 2.00 bits per heavy atom. The second-order valence-corrected chi connectivity index (χ2v) is 5.83. The summed E-state index contributed by atoms with van der Waals surface area (Å²) >= 11 is 0. The zero-order valence-electron chi connectivity index (χ0n) is 12.5. The fourth-order valence-electron chi connectivity index (χ4n) is 2.98. The molecule has 0 radical (unpaired) electrons. The smallest absolute Gasteiger partial charge is 0.0402 e. The molecule has 106 valence electrons. The summed E-state index contributed by atoms with van der Waals surface area (Å²) in [5.74, 6) is 0.577. The van der Waals surface area contributed by atoms with Crippen LogP contribution < -0.4 is 10.6 Å². The van der Waals surface area contributed by atoms with Gasteiger partial charge < -0.3 is 10.6 Å². The van der Waals surface area contributed by atoms with E-state index in [4.69, 9.17) is 5.73 Å². The number of anilines is 1. The predicted molar refractivity (Wildman–Crippen MR) is 82.8 cm³/mol. The third-order valence-electron chi connectivity index (χ3n) is 4.08. The van der Waals surface area contributed by atoms with Crippen molar-refractivity contribution in [1.29, 1.82) is 0 Å². The molecule has 0 aromatic heterocycles. The van der Waals surface area contributed by atoms with Crippen LogP contribution in [0.5, 0.6) is 0 Å². The number of benzene rings is 1. The van der Waals surface area contributed by atoms with Gasteiger partial charge in [0.05, 0.1) is 0 Å². The van der Waals surface area contributed by atoms with Gasteiger partial charge in [0, 0.05) is 44.5 Å². The molecular formula is C16H27N3. The lowest BCUT2D eigenvalue weighted by atomic mass is 9.99. The molecule has 2 rings (SSSR count). The third kappa shape index (κ3) is 3.28. The zero-order valence-corrected chi connectivity index (χ0v) is 12.5. The van der Waals surface area contributed by atoms with E-state index in [0.29, 0.717) is 12.0 Å². The van der Waals surface area contributed by atoms with Crippen molar-refractivity contribution in [3.05, 3.63) is 29.8 Å². The molecule has 1 aromatic carbocycles. The van der Waals surface area contributed by atoms with E-state index in [2.05, 4.69) is 54.8 Å². The number of nitrogens with two attached hydrogens (primary N) is 1. The van der Waals surface area contributed by atoms with Crippen LogP contribution in [-0.2, 0) is 0 Å². The highest BCUT2D eigenvalue weighted by molar-refractivity contribution is 5.55. The number of hydrogen-bond donors (Lipinski definition) is 1. The monoisotopic (exact) mass is 261 g/mol. The van der Waals surface area contributed by atoms with Gasteiger partial charge in [0.1, 0.15) is 0 Å². The van der Waals surface area contributed by atoms with Gasteiger partial charge in [0.15, 0.2) is 0 Å². The minimum atomic E-state index is 0.577. The van der Waals surface area contributed by atoms with Gasteiger partial charge >= 0.3 is 0 Å².